The van der Waals surface area contributed by atoms with Crippen LogP contribution in [0.25, 0.3) is 0 Å². The predicted molar refractivity (Wildman–Crippen MR) is 102 cm³/mol. The van der Waals surface area contributed by atoms with E-state index in [4.69, 9.17) is 26.2 Å². The van der Waals surface area contributed by atoms with Crippen molar-refractivity contribution in [3.8, 4) is 0 Å². The van der Waals surface area contributed by atoms with E-state index in [-0.39, 0.29) is 18.8 Å². The highest BCUT2D eigenvalue weighted by atomic mass is 16.4. The second-order valence-corrected chi connectivity index (χ2v) is 7.06. The van der Waals surface area contributed by atoms with Crippen molar-refractivity contribution < 1.29 is 44.4 Å². The molecule has 0 aromatic heterocycles. The molecule has 30 heavy (non-hydrogen) atoms. The molecule has 0 radical (unpaired) electrons. The van der Waals surface area contributed by atoms with E-state index in [0.29, 0.717) is 0 Å². The molecule has 9 N–H and O–H groups in total. The van der Waals surface area contributed by atoms with Gasteiger partial charge in [0, 0.05) is 6.42 Å². The van der Waals surface area contributed by atoms with Crippen molar-refractivity contribution in [3.05, 3.63) is 0 Å². The summed E-state index contributed by atoms with van der Waals surface area (Å²) < 4.78 is 0. The number of hydrogen-bond acceptors (Lipinski definition) is 8. The second-order valence-electron chi connectivity index (χ2n) is 7.06. The van der Waals surface area contributed by atoms with Crippen LogP contribution in [0.1, 0.15) is 33.1 Å². The predicted octanol–water partition coefficient (Wildman–Crippen LogP) is -3.25. The molecule has 0 fully saturated rings. The summed E-state index contributed by atoms with van der Waals surface area (Å²) >= 11 is 0. The van der Waals surface area contributed by atoms with Crippen molar-refractivity contribution in [3.63, 3.8) is 0 Å². The summed E-state index contributed by atoms with van der Waals surface area (Å²) in [6.07, 6.45) is -0.716. The number of nitrogens with two attached hydrogens (primary N) is 1. The number of hydrogen-bond donors (Lipinski definition) is 8. The maximum Gasteiger partial charge on any atom is 0.328 e. The van der Waals surface area contributed by atoms with Crippen molar-refractivity contribution >= 4 is 29.7 Å². The third-order valence-electron chi connectivity index (χ3n) is 3.95. The number of aliphatic carboxylic acids is 2. The van der Waals surface area contributed by atoms with Crippen LogP contribution in [0.5, 0.6) is 0 Å². The molecular formula is C17H30N4O9. The number of nitrogens with one attached hydrogen (secondary N) is 3. The molecule has 13 nitrogen and oxygen atoms in total. The monoisotopic (exact) mass is 434 g/mol. The van der Waals surface area contributed by atoms with Gasteiger partial charge in [0.15, 0.2) is 0 Å². The number of rotatable bonds is 14. The van der Waals surface area contributed by atoms with Crippen LogP contribution in [-0.2, 0) is 24.0 Å². The van der Waals surface area contributed by atoms with Crippen LogP contribution in [0.4, 0.5) is 0 Å². The normalized spacial score (nSPS) is 14.9. The molecule has 13 heteroatoms. The summed E-state index contributed by atoms with van der Waals surface area (Å²) in [7, 11) is 0. The number of carbonyl (C=O) groups excluding carboxylic acids is 3. The van der Waals surface area contributed by atoms with Crippen molar-refractivity contribution in [1.82, 2.24) is 16.0 Å². The van der Waals surface area contributed by atoms with Crippen molar-refractivity contribution in [2.24, 2.45) is 11.7 Å². The standard InChI is InChI=1S/C17H30N4O9/c1-8(2)5-11(20-14(26)9(18)6-22)16(28)19-10(3-4-13(24)25)15(27)21-12(7-23)17(29)30/h8-12,22-23H,3-7,18H2,1-2H3,(H,19,28)(H,20,26)(H,21,27)(H,24,25)(H,29,30). The average molecular weight is 434 g/mol. The van der Waals surface area contributed by atoms with Crippen LogP contribution >= 0.6 is 0 Å². The molecule has 0 aromatic rings. The maximum atomic E-state index is 12.7. The molecule has 0 bridgehead atoms. The molecule has 4 atom stereocenters. The summed E-state index contributed by atoms with van der Waals surface area (Å²) in [6.45, 7) is 1.98. The summed E-state index contributed by atoms with van der Waals surface area (Å²) in [4.78, 5) is 58.8. The third-order valence-corrected chi connectivity index (χ3v) is 3.95. The molecule has 0 spiro atoms. The average Bonchev–Trinajstić information content (AvgIpc) is 2.66. The minimum atomic E-state index is -1.64. The van der Waals surface area contributed by atoms with Gasteiger partial charge in [-0.25, -0.2) is 4.79 Å². The summed E-state index contributed by atoms with van der Waals surface area (Å²) in [5.74, 6) is -5.45. The lowest BCUT2D eigenvalue weighted by atomic mass is 10.0. The van der Waals surface area contributed by atoms with Crippen LogP contribution < -0.4 is 21.7 Å². The number of amides is 3. The zero-order valence-corrected chi connectivity index (χ0v) is 16.8. The molecule has 172 valence electrons. The fraction of sp³-hybridized carbons (Fsp3) is 0.706. The molecule has 0 rings (SSSR count). The van der Waals surface area contributed by atoms with E-state index in [1.165, 1.54) is 0 Å². The molecule has 0 saturated carbocycles. The SMILES string of the molecule is CC(C)CC(NC(=O)C(N)CO)C(=O)NC(CCC(=O)O)C(=O)NC(CO)C(=O)O. The zero-order valence-electron chi connectivity index (χ0n) is 16.8. The van der Waals surface area contributed by atoms with Gasteiger partial charge in [-0.3, -0.25) is 19.2 Å². The van der Waals surface area contributed by atoms with Crippen LogP contribution in [0.3, 0.4) is 0 Å². The lowest BCUT2D eigenvalue weighted by molar-refractivity contribution is -0.144. The first-order chi connectivity index (χ1) is 13.9. The van der Waals surface area contributed by atoms with E-state index in [1.54, 1.807) is 13.8 Å². The van der Waals surface area contributed by atoms with Gasteiger partial charge in [-0.15, -0.1) is 0 Å². The fourth-order valence-corrected chi connectivity index (χ4v) is 2.33. The van der Waals surface area contributed by atoms with Gasteiger partial charge in [0.25, 0.3) is 0 Å². The fourth-order valence-electron chi connectivity index (χ4n) is 2.33. The third kappa shape index (κ3) is 10.1. The number of aliphatic hydroxyl groups is 2. The van der Waals surface area contributed by atoms with Crippen molar-refractivity contribution in [2.75, 3.05) is 13.2 Å². The van der Waals surface area contributed by atoms with Gasteiger partial charge >= 0.3 is 11.9 Å². The Bertz CT molecular complexity index is 626. The minimum absolute atomic E-state index is 0.0662. The van der Waals surface area contributed by atoms with Gasteiger partial charge in [0.2, 0.25) is 17.7 Å². The van der Waals surface area contributed by atoms with Crippen molar-refractivity contribution in [2.45, 2.75) is 57.3 Å². The van der Waals surface area contributed by atoms with Crippen molar-refractivity contribution in [1.29, 1.82) is 0 Å². The molecule has 0 aromatic carbocycles. The smallest absolute Gasteiger partial charge is 0.328 e. The quantitative estimate of drug-likeness (QED) is 0.136. The molecule has 0 aliphatic heterocycles. The molecule has 0 aliphatic carbocycles. The Morgan fingerprint density at radius 2 is 1.30 bits per heavy atom. The second kappa shape index (κ2) is 13.5. The van der Waals surface area contributed by atoms with E-state index in [2.05, 4.69) is 10.6 Å². The Labute approximate surface area is 173 Å². The Balaban J connectivity index is 5.43. The molecule has 3 amide bonds. The number of aliphatic hydroxyl groups excluding tert-OH is 2. The molecular weight excluding hydrogens is 404 g/mol. The van der Waals surface area contributed by atoms with Gasteiger partial charge in [-0.05, 0) is 18.8 Å². The van der Waals surface area contributed by atoms with Gasteiger partial charge in [0.1, 0.15) is 24.2 Å². The maximum absolute atomic E-state index is 12.7. The Morgan fingerprint density at radius 1 is 0.800 bits per heavy atom. The van der Waals surface area contributed by atoms with Gasteiger partial charge in [0.05, 0.1) is 13.2 Å². The van der Waals surface area contributed by atoms with E-state index in [1.807, 2.05) is 5.32 Å². The first-order valence-corrected chi connectivity index (χ1v) is 9.25. The van der Waals surface area contributed by atoms with Crippen LogP contribution in [0.2, 0.25) is 0 Å². The van der Waals surface area contributed by atoms with E-state index < -0.39 is 73.5 Å². The molecule has 4 unspecified atom stereocenters. The Kier molecular flexibility index (Phi) is 12.2. The highest BCUT2D eigenvalue weighted by Gasteiger charge is 2.30. The van der Waals surface area contributed by atoms with E-state index in [9.17, 15) is 24.0 Å². The van der Waals surface area contributed by atoms with E-state index >= 15 is 0 Å². The Hall–Kier alpha value is -2.77. The van der Waals surface area contributed by atoms with Crippen LogP contribution in [0.15, 0.2) is 0 Å². The van der Waals surface area contributed by atoms with Crippen LogP contribution in [0, 0.1) is 5.92 Å². The van der Waals surface area contributed by atoms with E-state index in [0.717, 1.165) is 0 Å². The number of carboxylic acid groups (broad SMARTS) is 2. The number of carbonyl (C=O) groups is 5. The summed E-state index contributed by atoms with van der Waals surface area (Å²) in [5.41, 5.74) is 5.42. The lowest BCUT2D eigenvalue weighted by Gasteiger charge is -2.25. The molecule has 0 heterocycles. The molecule has 0 saturated heterocycles. The largest absolute Gasteiger partial charge is 0.481 e. The first kappa shape index (κ1) is 27.2. The zero-order chi connectivity index (χ0) is 23.4. The summed E-state index contributed by atoms with van der Waals surface area (Å²) in [5, 5.41) is 42.5. The summed E-state index contributed by atoms with van der Waals surface area (Å²) in [6, 6.07) is -5.47. The highest BCUT2D eigenvalue weighted by Crippen LogP contribution is 2.07. The first-order valence-electron chi connectivity index (χ1n) is 9.25. The van der Waals surface area contributed by atoms with Gasteiger partial charge in [-0.2, -0.15) is 0 Å². The molecule has 0 aliphatic rings. The van der Waals surface area contributed by atoms with Crippen LogP contribution in [-0.4, -0.2) is 87.5 Å². The van der Waals surface area contributed by atoms with Gasteiger partial charge < -0.3 is 42.1 Å². The Morgan fingerprint density at radius 3 is 1.73 bits per heavy atom. The minimum Gasteiger partial charge on any atom is -0.481 e. The van der Waals surface area contributed by atoms with Gasteiger partial charge in [-0.1, -0.05) is 13.8 Å². The number of carboxylic acids is 2. The lowest BCUT2D eigenvalue weighted by Crippen LogP contribution is -2.58. The topological polar surface area (TPSA) is 228 Å². The highest BCUT2D eigenvalue weighted by molar-refractivity contribution is 5.94.